The minimum atomic E-state index is -4.99. The predicted molar refractivity (Wildman–Crippen MR) is 57.0 cm³/mol. The molecule has 78 valence electrons. The zero-order chi connectivity index (χ0) is 10.9. The van der Waals surface area contributed by atoms with Crippen LogP contribution in [0.1, 0.15) is 11.1 Å². The van der Waals surface area contributed by atoms with Crippen LogP contribution in [0.2, 0.25) is 0 Å². The van der Waals surface area contributed by atoms with Gasteiger partial charge in [0.25, 0.3) is 0 Å². The summed E-state index contributed by atoms with van der Waals surface area (Å²) in [6, 6.07) is 2.50. The molecule has 0 bridgehead atoms. The summed E-state index contributed by atoms with van der Waals surface area (Å²) in [6.45, 7) is -3.55. The van der Waals surface area contributed by atoms with Crippen molar-refractivity contribution in [3.05, 3.63) is 23.3 Å². The second kappa shape index (κ2) is 5.97. The van der Waals surface area contributed by atoms with Crippen LogP contribution in [-0.2, 0) is 5.75 Å². The third-order valence-corrected chi connectivity index (χ3v) is 2.44. The molecule has 1 nitrogen and oxygen atoms in total. The van der Waals surface area contributed by atoms with Gasteiger partial charge >= 0.3 is 58.4 Å². The number of thiol groups is 1. The Labute approximate surface area is 135 Å². The second-order valence-electron chi connectivity index (χ2n) is 3.13. The van der Waals surface area contributed by atoms with Crippen LogP contribution < -0.4 is 62.6 Å². The fourth-order valence-corrected chi connectivity index (χ4v) is 1.66. The molecule has 0 aromatic heterocycles. The van der Waals surface area contributed by atoms with E-state index in [9.17, 15) is 12.9 Å². The molecule has 0 radical (unpaired) electrons. The first-order valence-electron chi connectivity index (χ1n) is 4.06. The third kappa shape index (κ3) is 3.98. The van der Waals surface area contributed by atoms with E-state index in [-0.39, 0.29) is 68.4 Å². The summed E-state index contributed by atoms with van der Waals surface area (Å²) in [5.41, 5.74) is 5.65. The Morgan fingerprint density at radius 3 is 2.27 bits per heavy atom. The first-order valence-corrected chi connectivity index (χ1v) is 4.69. The van der Waals surface area contributed by atoms with Gasteiger partial charge in [-0.25, -0.2) is 0 Å². The van der Waals surface area contributed by atoms with Gasteiger partial charge in [0.15, 0.2) is 0 Å². The monoisotopic (exact) mass is 259 g/mol. The molecule has 0 saturated carbocycles. The van der Waals surface area contributed by atoms with Crippen LogP contribution in [0.5, 0.6) is 0 Å². The van der Waals surface area contributed by atoms with Crippen LogP contribution in [0.15, 0.2) is 12.1 Å². The van der Waals surface area contributed by atoms with E-state index in [1.165, 1.54) is 13.0 Å². The van der Waals surface area contributed by atoms with E-state index in [1.807, 2.05) is 0 Å². The Bertz CT molecular complexity index is 356. The standard InChI is InChI=1S/C8H10BF3NS.K/c1-5-6(4-14)2-7(13)3-8(5)9(10,11)12;/h2-3,14H,4,13H2,1H3;/q-1;+1. The predicted octanol–water partition coefficient (Wildman–Crippen LogP) is -0.935. The van der Waals surface area contributed by atoms with Crippen LogP contribution in [0.4, 0.5) is 18.6 Å². The smallest absolute Gasteiger partial charge is 0.445 e. The van der Waals surface area contributed by atoms with E-state index in [0.717, 1.165) is 6.07 Å². The Hall–Kier alpha value is 0.861. The number of hydrogen-bond acceptors (Lipinski definition) is 2. The van der Waals surface area contributed by atoms with Crippen molar-refractivity contribution >= 4 is 30.8 Å². The minimum Gasteiger partial charge on any atom is -0.445 e. The van der Waals surface area contributed by atoms with Crippen molar-refractivity contribution in [2.45, 2.75) is 12.7 Å². The van der Waals surface area contributed by atoms with Crippen molar-refractivity contribution in [1.82, 2.24) is 0 Å². The SMILES string of the molecule is Cc1c(CS)cc(N)cc1[B-](F)(F)F.[K+]. The van der Waals surface area contributed by atoms with Crippen molar-refractivity contribution in [2.24, 2.45) is 0 Å². The molecule has 0 aliphatic carbocycles. The molecule has 0 atom stereocenters. The first kappa shape index (κ1) is 15.9. The third-order valence-electron chi connectivity index (χ3n) is 2.10. The van der Waals surface area contributed by atoms with Gasteiger partial charge in [0, 0.05) is 11.4 Å². The Balaban J connectivity index is 0.00000196. The van der Waals surface area contributed by atoms with Crippen molar-refractivity contribution in [3.63, 3.8) is 0 Å². The van der Waals surface area contributed by atoms with Crippen LogP contribution in [0.3, 0.4) is 0 Å². The van der Waals surface area contributed by atoms with E-state index >= 15 is 0 Å². The second-order valence-corrected chi connectivity index (χ2v) is 3.44. The normalized spacial score (nSPS) is 11.0. The summed E-state index contributed by atoms with van der Waals surface area (Å²) in [7, 11) is 0. The summed E-state index contributed by atoms with van der Waals surface area (Å²) in [4.78, 5) is 0. The number of rotatable bonds is 2. The summed E-state index contributed by atoms with van der Waals surface area (Å²) in [6.07, 6.45) is 0. The number of nitrogens with two attached hydrogens (primary N) is 1. The number of benzene rings is 1. The van der Waals surface area contributed by atoms with Crippen LogP contribution in [-0.4, -0.2) is 6.98 Å². The molecule has 7 heteroatoms. The van der Waals surface area contributed by atoms with Gasteiger partial charge in [-0.05, 0) is 18.6 Å². The first-order chi connectivity index (χ1) is 6.36. The van der Waals surface area contributed by atoms with Crippen LogP contribution in [0, 0.1) is 6.92 Å². The average molecular weight is 259 g/mol. The molecule has 0 fully saturated rings. The van der Waals surface area contributed by atoms with E-state index in [4.69, 9.17) is 5.73 Å². The van der Waals surface area contributed by atoms with Gasteiger partial charge < -0.3 is 18.7 Å². The van der Waals surface area contributed by atoms with E-state index in [2.05, 4.69) is 12.6 Å². The molecule has 0 saturated heterocycles. The minimum absolute atomic E-state index is 0. The molecule has 1 aromatic carbocycles. The van der Waals surface area contributed by atoms with Crippen LogP contribution in [0.25, 0.3) is 0 Å². The summed E-state index contributed by atoms with van der Waals surface area (Å²) in [5, 5.41) is 0. The van der Waals surface area contributed by atoms with Crippen molar-refractivity contribution in [3.8, 4) is 0 Å². The molecule has 1 aromatic rings. The fourth-order valence-electron chi connectivity index (χ4n) is 1.33. The molecule has 0 spiro atoms. The number of nitrogen functional groups attached to an aromatic ring is 1. The maximum atomic E-state index is 12.5. The van der Waals surface area contributed by atoms with E-state index < -0.39 is 12.4 Å². The number of anilines is 1. The van der Waals surface area contributed by atoms with Gasteiger partial charge in [-0.1, -0.05) is 11.6 Å². The maximum Gasteiger partial charge on any atom is 1.00 e. The molecular weight excluding hydrogens is 249 g/mol. The van der Waals surface area contributed by atoms with Crippen molar-refractivity contribution in [2.75, 3.05) is 5.73 Å². The van der Waals surface area contributed by atoms with Gasteiger partial charge in [0.1, 0.15) is 0 Å². The summed E-state index contributed by atoms with van der Waals surface area (Å²) >= 11 is 3.95. The quantitative estimate of drug-likeness (QED) is 0.400. The largest absolute Gasteiger partial charge is 1.00 e. The number of hydrogen-bond donors (Lipinski definition) is 2. The molecule has 0 aliphatic rings. The average Bonchev–Trinajstić information content (AvgIpc) is 2.06. The molecule has 0 unspecified atom stereocenters. The topological polar surface area (TPSA) is 26.0 Å². The van der Waals surface area contributed by atoms with Gasteiger partial charge in [0.2, 0.25) is 0 Å². The van der Waals surface area contributed by atoms with Gasteiger partial charge in [-0.15, -0.1) is 5.46 Å². The molecule has 1 rings (SSSR count). The fraction of sp³-hybridized carbons (Fsp3) is 0.250. The van der Waals surface area contributed by atoms with Crippen LogP contribution >= 0.6 is 12.6 Å². The van der Waals surface area contributed by atoms with Crippen molar-refractivity contribution < 1.29 is 64.3 Å². The Morgan fingerprint density at radius 1 is 1.33 bits per heavy atom. The molecule has 2 N–H and O–H groups in total. The van der Waals surface area contributed by atoms with E-state index in [1.54, 1.807) is 0 Å². The maximum absolute atomic E-state index is 12.5. The summed E-state index contributed by atoms with van der Waals surface area (Å²) in [5.74, 6) is 0.260. The van der Waals surface area contributed by atoms with Crippen molar-refractivity contribution in [1.29, 1.82) is 0 Å². The van der Waals surface area contributed by atoms with Gasteiger partial charge in [-0.3, -0.25) is 0 Å². The zero-order valence-corrected chi connectivity index (χ0v) is 12.6. The Kier molecular flexibility index (Phi) is 6.32. The molecular formula is C8H10BF3KNS. The molecule has 15 heavy (non-hydrogen) atoms. The summed E-state index contributed by atoms with van der Waals surface area (Å²) < 4.78 is 37.6. The van der Waals surface area contributed by atoms with E-state index in [0.29, 0.717) is 5.56 Å². The molecule has 0 heterocycles. The number of halogens is 3. The van der Waals surface area contributed by atoms with Gasteiger partial charge in [-0.2, -0.15) is 12.6 Å². The molecule has 0 aliphatic heterocycles. The van der Waals surface area contributed by atoms with Gasteiger partial charge in [0.05, 0.1) is 0 Å². The zero-order valence-electron chi connectivity index (χ0n) is 8.60. The Morgan fingerprint density at radius 2 is 1.87 bits per heavy atom. The molecule has 0 amide bonds.